The van der Waals surface area contributed by atoms with Gasteiger partial charge in [-0.1, -0.05) is 35.5 Å². The SMILES string of the molecule is CNC(=O)C(C)(C)c1[nH]nc2c1C(c1ccccc1OC)N(c1ccc(-c3ccon3)cc1)C2=O. The van der Waals surface area contributed by atoms with Crippen LogP contribution in [-0.4, -0.2) is 41.3 Å². The summed E-state index contributed by atoms with van der Waals surface area (Å²) in [7, 11) is 3.19. The Morgan fingerprint density at radius 1 is 1.14 bits per heavy atom. The normalized spacial score (nSPS) is 15.3. The van der Waals surface area contributed by atoms with Crippen LogP contribution in [0.15, 0.2) is 65.4 Å². The standard InChI is InChI=1S/C26H25N5O4/c1-26(2,25(33)27-3)23-20-21(28-29-23)24(32)31(22(20)17-7-5-6-8-19(17)34-4)16-11-9-15(10-12-16)18-13-14-35-30-18/h5-14,22H,1-4H3,(H,27,33)(H,28,29). The molecule has 178 valence electrons. The fraction of sp³-hybridized carbons (Fsp3) is 0.231. The summed E-state index contributed by atoms with van der Waals surface area (Å²) in [5, 5.41) is 14.0. The highest BCUT2D eigenvalue weighted by molar-refractivity contribution is 6.11. The van der Waals surface area contributed by atoms with E-state index in [1.165, 1.54) is 6.26 Å². The van der Waals surface area contributed by atoms with Gasteiger partial charge in [0.2, 0.25) is 5.91 Å². The van der Waals surface area contributed by atoms with E-state index in [9.17, 15) is 9.59 Å². The van der Waals surface area contributed by atoms with E-state index in [0.29, 0.717) is 28.4 Å². The maximum absolute atomic E-state index is 13.7. The summed E-state index contributed by atoms with van der Waals surface area (Å²) < 4.78 is 10.6. The molecule has 0 saturated heterocycles. The second-order valence-electron chi connectivity index (χ2n) is 8.82. The van der Waals surface area contributed by atoms with Crippen LogP contribution in [0.5, 0.6) is 5.75 Å². The number of amides is 2. The number of anilines is 1. The molecule has 0 aliphatic carbocycles. The minimum Gasteiger partial charge on any atom is -0.496 e. The predicted octanol–water partition coefficient (Wildman–Crippen LogP) is 3.85. The Kier molecular flexibility index (Phi) is 5.39. The average Bonchev–Trinajstić information content (AvgIpc) is 3.62. The summed E-state index contributed by atoms with van der Waals surface area (Å²) in [5.74, 6) is 0.179. The number of ether oxygens (including phenoxy) is 1. The van der Waals surface area contributed by atoms with Crippen molar-refractivity contribution in [3.8, 4) is 17.0 Å². The lowest BCUT2D eigenvalue weighted by atomic mass is 9.83. The zero-order valence-corrected chi connectivity index (χ0v) is 19.8. The monoisotopic (exact) mass is 471 g/mol. The van der Waals surface area contributed by atoms with Crippen LogP contribution >= 0.6 is 0 Å². The van der Waals surface area contributed by atoms with Gasteiger partial charge in [0.15, 0.2) is 5.69 Å². The number of hydrogen-bond acceptors (Lipinski definition) is 6. The van der Waals surface area contributed by atoms with Crippen LogP contribution in [0.1, 0.15) is 47.2 Å². The number of carbonyl (C=O) groups is 2. The largest absolute Gasteiger partial charge is 0.496 e. The molecule has 1 atom stereocenters. The molecule has 1 aliphatic heterocycles. The van der Waals surface area contributed by atoms with Gasteiger partial charge in [0.1, 0.15) is 17.7 Å². The van der Waals surface area contributed by atoms with Gasteiger partial charge < -0.3 is 14.6 Å². The number of likely N-dealkylation sites (N-methyl/N-ethyl adjacent to an activating group) is 1. The number of nitrogens with zero attached hydrogens (tertiary/aromatic N) is 3. The van der Waals surface area contributed by atoms with Crippen LogP contribution in [0.4, 0.5) is 5.69 Å². The number of benzene rings is 2. The Morgan fingerprint density at radius 3 is 2.54 bits per heavy atom. The van der Waals surface area contributed by atoms with E-state index in [1.54, 1.807) is 39.0 Å². The summed E-state index contributed by atoms with van der Waals surface area (Å²) in [6.07, 6.45) is 1.51. The first-order valence-electron chi connectivity index (χ1n) is 11.2. The highest BCUT2D eigenvalue weighted by Gasteiger charge is 2.48. The van der Waals surface area contributed by atoms with Gasteiger partial charge in [-0.2, -0.15) is 5.10 Å². The van der Waals surface area contributed by atoms with Gasteiger partial charge in [0.25, 0.3) is 5.91 Å². The molecule has 2 N–H and O–H groups in total. The third kappa shape index (κ3) is 3.47. The van der Waals surface area contributed by atoms with Crippen LogP contribution in [0.25, 0.3) is 11.3 Å². The van der Waals surface area contributed by atoms with Crippen molar-refractivity contribution in [1.29, 1.82) is 0 Å². The Hall–Kier alpha value is -4.40. The number of rotatable bonds is 6. The predicted molar refractivity (Wildman–Crippen MR) is 129 cm³/mol. The van der Waals surface area contributed by atoms with Crippen molar-refractivity contribution in [1.82, 2.24) is 20.7 Å². The smallest absolute Gasteiger partial charge is 0.280 e. The van der Waals surface area contributed by atoms with Crippen LogP contribution in [0.3, 0.4) is 0 Å². The maximum atomic E-state index is 13.7. The second kappa shape index (κ2) is 8.43. The molecule has 35 heavy (non-hydrogen) atoms. The van der Waals surface area contributed by atoms with E-state index in [-0.39, 0.29) is 17.5 Å². The van der Waals surface area contributed by atoms with E-state index in [4.69, 9.17) is 9.26 Å². The van der Waals surface area contributed by atoms with Gasteiger partial charge in [0.05, 0.1) is 24.3 Å². The van der Waals surface area contributed by atoms with Gasteiger partial charge >= 0.3 is 0 Å². The van der Waals surface area contributed by atoms with E-state index in [2.05, 4.69) is 20.7 Å². The molecule has 2 aromatic carbocycles. The average molecular weight is 472 g/mol. The number of hydrogen-bond donors (Lipinski definition) is 2. The molecule has 9 heteroatoms. The number of aromatic nitrogens is 3. The van der Waals surface area contributed by atoms with Crippen LogP contribution in [0.2, 0.25) is 0 Å². The third-order valence-corrected chi connectivity index (χ3v) is 6.49. The zero-order chi connectivity index (χ0) is 24.7. The number of nitrogens with one attached hydrogen (secondary N) is 2. The molecular weight excluding hydrogens is 446 g/mol. The van der Waals surface area contributed by atoms with Crippen molar-refractivity contribution in [2.75, 3.05) is 19.1 Å². The highest BCUT2D eigenvalue weighted by atomic mass is 16.5. The molecule has 2 amide bonds. The molecule has 5 rings (SSSR count). The van der Waals surface area contributed by atoms with Crippen LogP contribution < -0.4 is 15.0 Å². The van der Waals surface area contributed by atoms with Crippen molar-refractivity contribution in [3.05, 3.63) is 83.4 Å². The maximum Gasteiger partial charge on any atom is 0.280 e. The fourth-order valence-electron chi connectivity index (χ4n) is 4.65. The number of H-pyrrole nitrogens is 1. The van der Waals surface area contributed by atoms with Gasteiger partial charge in [-0.3, -0.25) is 19.6 Å². The first-order chi connectivity index (χ1) is 16.9. The van der Waals surface area contributed by atoms with Crippen molar-refractivity contribution in [2.24, 2.45) is 0 Å². The van der Waals surface area contributed by atoms with Crippen molar-refractivity contribution < 1.29 is 18.8 Å². The van der Waals surface area contributed by atoms with Crippen molar-refractivity contribution in [3.63, 3.8) is 0 Å². The molecule has 1 aliphatic rings. The summed E-state index contributed by atoms with van der Waals surface area (Å²) in [5.41, 5.74) is 3.61. The number of para-hydroxylation sites is 1. The molecule has 0 saturated carbocycles. The molecule has 4 aromatic rings. The lowest BCUT2D eigenvalue weighted by Gasteiger charge is -2.30. The number of carbonyl (C=O) groups excluding carboxylic acids is 2. The Bertz CT molecular complexity index is 1390. The lowest BCUT2D eigenvalue weighted by molar-refractivity contribution is -0.125. The van der Waals surface area contributed by atoms with E-state index in [0.717, 1.165) is 11.1 Å². The van der Waals surface area contributed by atoms with E-state index >= 15 is 0 Å². The first kappa shape index (κ1) is 22.4. The molecule has 0 radical (unpaired) electrons. The van der Waals surface area contributed by atoms with Crippen molar-refractivity contribution >= 4 is 17.5 Å². The third-order valence-electron chi connectivity index (χ3n) is 6.49. The Morgan fingerprint density at radius 2 is 1.89 bits per heavy atom. The zero-order valence-electron chi connectivity index (χ0n) is 19.8. The van der Waals surface area contributed by atoms with Gasteiger partial charge in [-0.05, 0) is 32.0 Å². The van der Waals surface area contributed by atoms with Gasteiger partial charge in [-0.25, -0.2) is 0 Å². The van der Waals surface area contributed by atoms with E-state index < -0.39 is 11.5 Å². The molecule has 0 fully saturated rings. The lowest BCUT2D eigenvalue weighted by Crippen LogP contribution is -2.39. The Balaban J connectivity index is 1.68. The molecule has 9 nitrogen and oxygen atoms in total. The number of fused-ring (bicyclic) bond motifs is 1. The molecule has 2 aromatic heterocycles. The molecule has 1 unspecified atom stereocenters. The minimum absolute atomic E-state index is 0.189. The topological polar surface area (TPSA) is 113 Å². The molecule has 0 spiro atoms. The first-order valence-corrected chi connectivity index (χ1v) is 11.2. The quantitative estimate of drug-likeness (QED) is 0.442. The summed E-state index contributed by atoms with van der Waals surface area (Å²) >= 11 is 0. The minimum atomic E-state index is -0.956. The summed E-state index contributed by atoms with van der Waals surface area (Å²) in [6.45, 7) is 3.61. The highest BCUT2D eigenvalue weighted by Crippen LogP contribution is 2.47. The summed E-state index contributed by atoms with van der Waals surface area (Å²) in [4.78, 5) is 28.2. The van der Waals surface area contributed by atoms with Gasteiger partial charge in [0, 0.05) is 35.5 Å². The fourth-order valence-corrected chi connectivity index (χ4v) is 4.65. The van der Waals surface area contributed by atoms with Gasteiger partial charge in [-0.15, -0.1) is 0 Å². The Labute approximate surface area is 202 Å². The molecular formula is C26H25N5O4. The van der Waals surface area contributed by atoms with Crippen LogP contribution in [0, 0.1) is 0 Å². The second-order valence-corrected chi connectivity index (χ2v) is 8.82. The van der Waals surface area contributed by atoms with E-state index in [1.807, 2.05) is 48.5 Å². The number of aromatic amines is 1. The van der Waals surface area contributed by atoms with Crippen molar-refractivity contribution in [2.45, 2.75) is 25.3 Å². The summed E-state index contributed by atoms with van der Waals surface area (Å²) in [6, 6.07) is 16.3. The molecule has 0 bridgehead atoms. The van der Waals surface area contributed by atoms with Crippen LogP contribution in [-0.2, 0) is 10.2 Å². The number of methoxy groups -OCH3 is 1. The molecule has 3 heterocycles.